The number of hydrogen-bond donors (Lipinski definition) is 2. The highest BCUT2D eigenvalue weighted by atomic mass is 14.9. The van der Waals surface area contributed by atoms with Crippen LogP contribution in [0, 0.1) is 0 Å². The quantitative estimate of drug-likeness (QED) is 0.370. The van der Waals surface area contributed by atoms with Gasteiger partial charge in [-0.2, -0.15) is 0 Å². The van der Waals surface area contributed by atoms with Crippen molar-refractivity contribution in [2.45, 2.75) is 103 Å². The van der Waals surface area contributed by atoms with Gasteiger partial charge in [0.25, 0.3) is 0 Å². The minimum absolute atomic E-state index is 0.406. The van der Waals surface area contributed by atoms with Crippen LogP contribution in [0.4, 0.5) is 0 Å². The van der Waals surface area contributed by atoms with Crippen LogP contribution in [0.3, 0.4) is 0 Å². The molecule has 0 aromatic heterocycles. The lowest BCUT2D eigenvalue weighted by atomic mass is 9.96. The Kier molecular flexibility index (Phi) is 11.9. The molecule has 0 aliphatic carbocycles. The molecule has 0 aliphatic heterocycles. The first kappa shape index (κ1) is 17.9. The molecule has 4 N–H and O–H groups in total. The zero-order valence-corrected chi connectivity index (χ0v) is 12.8. The molecule has 0 saturated carbocycles. The third-order valence-electron chi connectivity index (χ3n) is 3.74. The average Bonchev–Trinajstić information content (AvgIpc) is 2.34. The molecule has 0 aliphatic rings. The van der Waals surface area contributed by atoms with Crippen molar-refractivity contribution in [2.24, 2.45) is 11.5 Å². The molecule has 0 unspecified atom stereocenters. The predicted octanol–water partition coefficient (Wildman–Crippen LogP) is 4.71. The molecule has 0 aromatic carbocycles. The second kappa shape index (κ2) is 12.0. The topological polar surface area (TPSA) is 52.0 Å². The van der Waals surface area contributed by atoms with Crippen molar-refractivity contribution in [3.05, 3.63) is 0 Å². The summed E-state index contributed by atoms with van der Waals surface area (Å²) in [5.74, 6) is 0. The van der Waals surface area contributed by atoms with E-state index in [-0.39, 0.29) is 0 Å². The summed E-state index contributed by atoms with van der Waals surface area (Å²) in [6.45, 7) is 4.49. The Morgan fingerprint density at radius 1 is 0.556 bits per heavy atom. The van der Waals surface area contributed by atoms with Gasteiger partial charge in [-0.3, -0.25) is 0 Å². The maximum atomic E-state index is 6.14. The van der Waals surface area contributed by atoms with E-state index in [1.807, 2.05) is 0 Å². The fourth-order valence-electron chi connectivity index (χ4n) is 2.42. The monoisotopic (exact) mass is 256 g/mol. The molecule has 0 aromatic rings. The van der Waals surface area contributed by atoms with E-state index in [0.717, 1.165) is 12.8 Å². The third kappa shape index (κ3) is 12.4. The van der Waals surface area contributed by atoms with Gasteiger partial charge in [-0.25, -0.2) is 0 Å². The zero-order chi connectivity index (χ0) is 13.7. The minimum atomic E-state index is -0.406. The number of nitrogens with two attached hydrogens (primary N) is 2. The normalized spacial score (nSPS) is 12.0. The summed E-state index contributed by atoms with van der Waals surface area (Å²) in [5, 5.41) is 0. The lowest BCUT2D eigenvalue weighted by molar-refractivity contribution is 0.346. The molecule has 0 atom stereocenters. The molecule has 0 fully saturated rings. The van der Waals surface area contributed by atoms with Crippen LogP contribution in [0.2, 0.25) is 0 Å². The Hall–Kier alpha value is -0.0800. The molecule has 0 saturated heterocycles. The number of unbranched alkanes of at least 4 members (excludes halogenated alkanes) is 9. The highest BCUT2D eigenvalue weighted by Crippen LogP contribution is 2.16. The number of hydrogen-bond acceptors (Lipinski definition) is 2. The van der Waals surface area contributed by atoms with Crippen LogP contribution in [0.15, 0.2) is 0 Å². The van der Waals surface area contributed by atoms with Crippen molar-refractivity contribution in [2.75, 3.05) is 0 Å². The first-order valence-electron chi connectivity index (χ1n) is 8.20. The second-order valence-electron chi connectivity index (χ2n) is 5.92. The van der Waals surface area contributed by atoms with Gasteiger partial charge in [0.2, 0.25) is 0 Å². The number of rotatable bonds is 13. The van der Waals surface area contributed by atoms with Crippen molar-refractivity contribution in [1.29, 1.82) is 0 Å². The minimum Gasteiger partial charge on any atom is -0.313 e. The van der Waals surface area contributed by atoms with E-state index < -0.39 is 5.66 Å². The molecule has 2 nitrogen and oxygen atoms in total. The van der Waals surface area contributed by atoms with Crippen LogP contribution in [-0.4, -0.2) is 5.66 Å². The smallest absolute Gasteiger partial charge is 0.0636 e. The molecule has 0 heterocycles. The summed E-state index contributed by atoms with van der Waals surface area (Å²) in [5.41, 5.74) is 11.9. The van der Waals surface area contributed by atoms with Gasteiger partial charge in [-0.1, -0.05) is 84.5 Å². The molecule has 0 amide bonds. The molecule has 18 heavy (non-hydrogen) atoms. The molecule has 0 spiro atoms. The van der Waals surface area contributed by atoms with Crippen molar-refractivity contribution in [3.8, 4) is 0 Å². The Labute approximate surface area is 115 Å². The van der Waals surface area contributed by atoms with Crippen LogP contribution in [0.1, 0.15) is 97.3 Å². The molecule has 2 heteroatoms. The third-order valence-corrected chi connectivity index (χ3v) is 3.74. The standard InChI is InChI=1S/C16H36N2/c1-3-5-7-9-10-11-13-15-16(17,18)14-12-8-6-4-2/h3-15,17-18H2,1-2H3. The summed E-state index contributed by atoms with van der Waals surface area (Å²) in [6, 6.07) is 0. The van der Waals surface area contributed by atoms with Crippen LogP contribution >= 0.6 is 0 Å². The van der Waals surface area contributed by atoms with Gasteiger partial charge >= 0.3 is 0 Å². The van der Waals surface area contributed by atoms with E-state index in [1.54, 1.807) is 0 Å². The van der Waals surface area contributed by atoms with Crippen LogP contribution in [0.25, 0.3) is 0 Å². The first-order valence-corrected chi connectivity index (χ1v) is 8.20. The van der Waals surface area contributed by atoms with E-state index >= 15 is 0 Å². The van der Waals surface area contributed by atoms with Gasteiger partial charge in [0.1, 0.15) is 0 Å². The van der Waals surface area contributed by atoms with E-state index in [0.29, 0.717) is 0 Å². The van der Waals surface area contributed by atoms with E-state index in [1.165, 1.54) is 70.6 Å². The fraction of sp³-hybridized carbons (Fsp3) is 1.00. The van der Waals surface area contributed by atoms with E-state index in [4.69, 9.17) is 11.5 Å². The van der Waals surface area contributed by atoms with Crippen molar-refractivity contribution < 1.29 is 0 Å². The Bertz CT molecular complexity index is 166. The Morgan fingerprint density at radius 3 is 1.33 bits per heavy atom. The summed E-state index contributed by atoms with van der Waals surface area (Å²) < 4.78 is 0. The van der Waals surface area contributed by atoms with Gasteiger partial charge in [0, 0.05) is 0 Å². The predicted molar refractivity (Wildman–Crippen MR) is 82.5 cm³/mol. The van der Waals surface area contributed by atoms with Gasteiger partial charge in [0.15, 0.2) is 0 Å². The Balaban J connectivity index is 3.34. The summed E-state index contributed by atoms with van der Waals surface area (Å²) in [4.78, 5) is 0. The van der Waals surface area contributed by atoms with Crippen LogP contribution in [-0.2, 0) is 0 Å². The average molecular weight is 256 g/mol. The lowest BCUT2D eigenvalue weighted by Gasteiger charge is -2.24. The van der Waals surface area contributed by atoms with Gasteiger partial charge in [-0.05, 0) is 12.8 Å². The molecule has 0 rings (SSSR count). The van der Waals surface area contributed by atoms with Gasteiger partial charge in [-0.15, -0.1) is 0 Å². The highest BCUT2D eigenvalue weighted by Gasteiger charge is 2.17. The Morgan fingerprint density at radius 2 is 0.889 bits per heavy atom. The molecule has 110 valence electrons. The maximum absolute atomic E-state index is 6.14. The second-order valence-corrected chi connectivity index (χ2v) is 5.92. The summed E-state index contributed by atoms with van der Waals surface area (Å²) >= 11 is 0. The van der Waals surface area contributed by atoms with E-state index in [9.17, 15) is 0 Å². The van der Waals surface area contributed by atoms with Gasteiger partial charge in [0.05, 0.1) is 5.66 Å². The largest absolute Gasteiger partial charge is 0.313 e. The SMILES string of the molecule is CCCCCCCCCC(N)(N)CCCCCC. The van der Waals surface area contributed by atoms with Crippen LogP contribution in [0.5, 0.6) is 0 Å². The molecular weight excluding hydrogens is 220 g/mol. The molecule has 0 bridgehead atoms. The fourth-order valence-corrected chi connectivity index (χ4v) is 2.42. The first-order chi connectivity index (χ1) is 8.62. The molecular formula is C16H36N2. The highest BCUT2D eigenvalue weighted by molar-refractivity contribution is 4.76. The van der Waals surface area contributed by atoms with Crippen molar-refractivity contribution in [1.82, 2.24) is 0 Å². The van der Waals surface area contributed by atoms with Gasteiger partial charge < -0.3 is 11.5 Å². The van der Waals surface area contributed by atoms with Crippen LogP contribution < -0.4 is 11.5 Å². The molecule has 0 radical (unpaired) electrons. The summed E-state index contributed by atoms with van der Waals surface area (Å²) in [6.07, 6.45) is 16.4. The van der Waals surface area contributed by atoms with Crippen molar-refractivity contribution in [3.63, 3.8) is 0 Å². The summed E-state index contributed by atoms with van der Waals surface area (Å²) in [7, 11) is 0. The lowest BCUT2D eigenvalue weighted by Crippen LogP contribution is -2.49. The van der Waals surface area contributed by atoms with Crippen molar-refractivity contribution >= 4 is 0 Å². The maximum Gasteiger partial charge on any atom is 0.0636 e. The zero-order valence-electron chi connectivity index (χ0n) is 12.8. The van der Waals surface area contributed by atoms with E-state index in [2.05, 4.69) is 13.8 Å².